The first-order valence-electron chi connectivity index (χ1n) is 5.15. The van der Waals surface area contributed by atoms with Crippen LogP contribution in [0.25, 0.3) is 0 Å². The molecule has 0 aromatic carbocycles. The Morgan fingerprint density at radius 3 is 2.73 bits per heavy atom. The van der Waals surface area contributed by atoms with Crippen LogP contribution in [-0.4, -0.2) is 15.1 Å². The fourth-order valence-electron chi connectivity index (χ4n) is 1.44. The monoisotopic (exact) mass is 206 g/mol. The summed E-state index contributed by atoms with van der Waals surface area (Å²) in [5.41, 5.74) is 7.28. The number of nitrogens with zero attached hydrogens (tertiary/aromatic N) is 3. The minimum Gasteiger partial charge on any atom is -0.335 e. The van der Waals surface area contributed by atoms with Gasteiger partial charge in [-0.05, 0) is 33.6 Å². The van der Waals surface area contributed by atoms with E-state index in [1.165, 1.54) is 5.69 Å². The molecule has 1 atom stereocenters. The van der Waals surface area contributed by atoms with Crippen molar-refractivity contribution in [2.75, 3.05) is 0 Å². The van der Waals surface area contributed by atoms with Gasteiger partial charge >= 0.3 is 0 Å². The van der Waals surface area contributed by atoms with Crippen LogP contribution < -0.4 is 5.73 Å². The van der Waals surface area contributed by atoms with Crippen LogP contribution in [0.3, 0.4) is 0 Å². The SMILES string of the molecule is Cc1ncn(CCCC(C)(N)C#N)c1C. The zero-order chi connectivity index (χ0) is 11.5. The van der Waals surface area contributed by atoms with Gasteiger partial charge in [0.05, 0.1) is 18.1 Å². The summed E-state index contributed by atoms with van der Waals surface area (Å²) in [5.74, 6) is 0. The normalized spacial score (nSPS) is 14.6. The van der Waals surface area contributed by atoms with Gasteiger partial charge in [0.1, 0.15) is 5.54 Å². The standard InChI is InChI=1S/C11H18N4/c1-9-10(2)15(8-14-9)6-4-5-11(3,13)7-12/h8H,4-6,13H2,1-3H3. The highest BCUT2D eigenvalue weighted by Crippen LogP contribution is 2.10. The van der Waals surface area contributed by atoms with Crippen LogP contribution in [0.2, 0.25) is 0 Å². The van der Waals surface area contributed by atoms with Crippen molar-refractivity contribution in [3.05, 3.63) is 17.7 Å². The lowest BCUT2D eigenvalue weighted by atomic mass is 9.99. The molecule has 1 unspecified atom stereocenters. The molecule has 0 saturated heterocycles. The Bertz CT molecular complexity index is 370. The lowest BCUT2D eigenvalue weighted by Gasteiger charge is -2.15. The van der Waals surface area contributed by atoms with E-state index in [2.05, 4.69) is 15.6 Å². The van der Waals surface area contributed by atoms with E-state index in [9.17, 15) is 0 Å². The third-order valence-corrected chi connectivity index (χ3v) is 2.70. The molecule has 0 saturated carbocycles. The molecule has 4 nitrogen and oxygen atoms in total. The van der Waals surface area contributed by atoms with Gasteiger partial charge in [0, 0.05) is 12.2 Å². The van der Waals surface area contributed by atoms with Crippen LogP contribution >= 0.6 is 0 Å². The molecule has 1 rings (SSSR count). The van der Waals surface area contributed by atoms with Crippen LogP contribution in [0.15, 0.2) is 6.33 Å². The molecule has 1 aromatic heterocycles. The zero-order valence-electron chi connectivity index (χ0n) is 9.62. The van der Waals surface area contributed by atoms with E-state index in [1.54, 1.807) is 6.92 Å². The topological polar surface area (TPSA) is 67.6 Å². The Kier molecular flexibility index (Phi) is 3.48. The highest BCUT2D eigenvalue weighted by atomic mass is 15.0. The summed E-state index contributed by atoms with van der Waals surface area (Å²) in [4.78, 5) is 4.22. The van der Waals surface area contributed by atoms with Gasteiger partial charge in [-0.2, -0.15) is 5.26 Å². The van der Waals surface area contributed by atoms with Gasteiger partial charge in [0.15, 0.2) is 0 Å². The largest absolute Gasteiger partial charge is 0.335 e. The molecule has 1 aromatic rings. The lowest BCUT2D eigenvalue weighted by molar-refractivity contribution is 0.485. The molecule has 1 heterocycles. The second-order valence-electron chi connectivity index (χ2n) is 4.24. The minimum atomic E-state index is -0.705. The molecule has 0 aliphatic rings. The maximum atomic E-state index is 8.76. The number of aromatic nitrogens is 2. The van der Waals surface area contributed by atoms with E-state index < -0.39 is 5.54 Å². The smallest absolute Gasteiger partial charge is 0.101 e. The fraction of sp³-hybridized carbons (Fsp3) is 0.636. The Labute approximate surface area is 90.7 Å². The number of aryl methyl sites for hydroxylation is 2. The number of nitrogens with two attached hydrogens (primary N) is 1. The number of nitriles is 1. The fourth-order valence-corrected chi connectivity index (χ4v) is 1.44. The molecule has 2 N–H and O–H groups in total. The molecule has 0 spiro atoms. The summed E-state index contributed by atoms with van der Waals surface area (Å²) in [6, 6.07) is 2.10. The van der Waals surface area contributed by atoms with Gasteiger partial charge in [-0.3, -0.25) is 0 Å². The zero-order valence-corrected chi connectivity index (χ0v) is 9.62. The molecule has 0 aliphatic carbocycles. The van der Waals surface area contributed by atoms with Crippen molar-refractivity contribution in [2.45, 2.75) is 45.7 Å². The van der Waals surface area contributed by atoms with Gasteiger partial charge in [-0.25, -0.2) is 4.98 Å². The van der Waals surface area contributed by atoms with Crippen molar-refractivity contribution in [3.63, 3.8) is 0 Å². The highest BCUT2D eigenvalue weighted by Gasteiger charge is 2.16. The van der Waals surface area contributed by atoms with Crippen LogP contribution in [0.1, 0.15) is 31.2 Å². The summed E-state index contributed by atoms with van der Waals surface area (Å²) >= 11 is 0. The van der Waals surface area contributed by atoms with E-state index in [-0.39, 0.29) is 0 Å². The Morgan fingerprint density at radius 2 is 2.27 bits per heavy atom. The molecule has 0 amide bonds. The third kappa shape index (κ3) is 3.07. The molecule has 0 radical (unpaired) electrons. The first kappa shape index (κ1) is 11.7. The van der Waals surface area contributed by atoms with Crippen molar-refractivity contribution in [1.29, 1.82) is 5.26 Å². The van der Waals surface area contributed by atoms with Gasteiger partial charge in [-0.15, -0.1) is 0 Å². The van der Waals surface area contributed by atoms with E-state index in [0.717, 1.165) is 18.7 Å². The molecule has 4 heteroatoms. The van der Waals surface area contributed by atoms with Crippen LogP contribution in [0.4, 0.5) is 0 Å². The predicted molar refractivity (Wildman–Crippen MR) is 59.1 cm³/mol. The molecule has 0 bridgehead atoms. The van der Waals surface area contributed by atoms with Crippen molar-refractivity contribution in [2.24, 2.45) is 5.73 Å². The molecular formula is C11H18N4. The summed E-state index contributed by atoms with van der Waals surface area (Å²) < 4.78 is 2.10. The van der Waals surface area contributed by atoms with Crippen LogP contribution in [-0.2, 0) is 6.54 Å². The summed E-state index contributed by atoms with van der Waals surface area (Å²) in [6.07, 6.45) is 3.45. The van der Waals surface area contributed by atoms with Crippen molar-refractivity contribution in [3.8, 4) is 6.07 Å². The maximum Gasteiger partial charge on any atom is 0.101 e. The maximum absolute atomic E-state index is 8.76. The number of rotatable bonds is 4. The van der Waals surface area contributed by atoms with Crippen molar-refractivity contribution < 1.29 is 0 Å². The van der Waals surface area contributed by atoms with Gasteiger partial charge in [0.25, 0.3) is 0 Å². The lowest BCUT2D eigenvalue weighted by Crippen LogP contribution is -2.34. The predicted octanol–water partition coefficient (Wildman–Crippen LogP) is 1.52. The molecule has 0 aliphatic heterocycles. The first-order chi connectivity index (χ1) is 6.96. The summed E-state index contributed by atoms with van der Waals surface area (Å²) in [7, 11) is 0. The van der Waals surface area contributed by atoms with E-state index in [4.69, 9.17) is 11.0 Å². The number of imidazole rings is 1. The van der Waals surface area contributed by atoms with E-state index in [1.807, 2.05) is 20.2 Å². The molecule has 0 fully saturated rings. The number of hydrogen-bond donors (Lipinski definition) is 1. The average Bonchev–Trinajstić information content (AvgIpc) is 2.49. The minimum absolute atomic E-state index is 0.705. The molecular weight excluding hydrogens is 188 g/mol. The number of hydrogen-bond acceptors (Lipinski definition) is 3. The summed E-state index contributed by atoms with van der Waals surface area (Å²) in [5, 5.41) is 8.76. The molecule has 82 valence electrons. The summed E-state index contributed by atoms with van der Waals surface area (Å²) in [6.45, 7) is 6.68. The van der Waals surface area contributed by atoms with Crippen LogP contribution in [0.5, 0.6) is 0 Å². The Morgan fingerprint density at radius 1 is 1.60 bits per heavy atom. The highest BCUT2D eigenvalue weighted by molar-refractivity contribution is 5.08. The quantitative estimate of drug-likeness (QED) is 0.812. The average molecular weight is 206 g/mol. The Balaban J connectivity index is 2.46. The second-order valence-corrected chi connectivity index (χ2v) is 4.24. The van der Waals surface area contributed by atoms with E-state index >= 15 is 0 Å². The third-order valence-electron chi connectivity index (χ3n) is 2.70. The Hall–Kier alpha value is -1.34. The second kappa shape index (κ2) is 4.45. The first-order valence-corrected chi connectivity index (χ1v) is 5.15. The van der Waals surface area contributed by atoms with Crippen LogP contribution in [0, 0.1) is 25.2 Å². The van der Waals surface area contributed by atoms with Crippen molar-refractivity contribution >= 4 is 0 Å². The van der Waals surface area contributed by atoms with Gasteiger partial charge in [-0.1, -0.05) is 0 Å². The van der Waals surface area contributed by atoms with Gasteiger partial charge < -0.3 is 10.3 Å². The van der Waals surface area contributed by atoms with Gasteiger partial charge in [0.2, 0.25) is 0 Å². The molecule has 15 heavy (non-hydrogen) atoms. The van der Waals surface area contributed by atoms with E-state index in [0.29, 0.717) is 6.42 Å². The van der Waals surface area contributed by atoms with Crippen molar-refractivity contribution in [1.82, 2.24) is 9.55 Å².